The number of hydrogen-bond acceptors (Lipinski definition) is 5. The van der Waals surface area contributed by atoms with Gasteiger partial charge in [-0.25, -0.2) is 9.18 Å². The van der Waals surface area contributed by atoms with Crippen LogP contribution in [0.4, 0.5) is 4.39 Å². The van der Waals surface area contributed by atoms with Gasteiger partial charge < -0.3 is 14.4 Å². The number of hydrogen-bond donors (Lipinski definition) is 0. The van der Waals surface area contributed by atoms with Crippen molar-refractivity contribution in [1.29, 1.82) is 5.26 Å². The van der Waals surface area contributed by atoms with Gasteiger partial charge in [-0.2, -0.15) is 5.26 Å². The minimum absolute atomic E-state index is 0.0126. The second-order valence-corrected chi connectivity index (χ2v) is 6.08. The Balaban J connectivity index is 1.98. The normalized spacial score (nSPS) is 15.8. The molecule has 0 saturated heterocycles. The number of ether oxygens (including phenoxy) is 2. The van der Waals surface area contributed by atoms with Gasteiger partial charge >= 0.3 is 5.97 Å². The molecule has 134 valence electrons. The van der Waals surface area contributed by atoms with Crippen LogP contribution >= 0.6 is 0 Å². The van der Waals surface area contributed by atoms with Crippen LogP contribution < -0.4 is 4.74 Å². The third kappa shape index (κ3) is 4.08. The van der Waals surface area contributed by atoms with E-state index in [1.165, 1.54) is 24.1 Å². The predicted molar refractivity (Wildman–Crippen MR) is 87.4 cm³/mol. The summed E-state index contributed by atoms with van der Waals surface area (Å²) in [5, 5.41) is 9.49. The fraction of sp³-hybridized carbons (Fsp3) is 0.500. The number of benzene rings is 1. The van der Waals surface area contributed by atoms with Crippen LogP contribution in [0.1, 0.15) is 42.5 Å². The maximum atomic E-state index is 13.6. The molecule has 0 aliphatic heterocycles. The highest BCUT2D eigenvalue weighted by Crippen LogP contribution is 2.32. The van der Waals surface area contributed by atoms with Gasteiger partial charge in [0, 0.05) is 7.05 Å². The molecule has 6 nitrogen and oxygen atoms in total. The summed E-state index contributed by atoms with van der Waals surface area (Å²) in [6.07, 6.45) is 4.04. The van der Waals surface area contributed by atoms with E-state index in [2.05, 4.69) is 6.07 Å². The molecule has 0 radical (unpaired) electrons. The number of rotatable bonds is 5. The SMILES string of the molecule is COc1ccc(C(=O)OCC(=O)N(C)C2(C#N)CCCCC2)cc1F. The van der Waals surface area contributed by atoms with Crippen LogP contribution in [0.25, 0.3) is 0 Å². The Hall–Kier alpha value is -2.62. The van der Waals surface area contributed by atoms with E-state index in [1.54, 1.807) is 7.05 Å². The Labute approximate surface area is 146 Å². The van der Waals surface area contributed by atoms with E-state index in [-0.39, 0.29) is 11.3 Å². The van der Waals surface area contributed by atoms with Crippen LogP contribution in [0.2, 0.25) is 0 Å². The van der Waals surface area contributed by atoms with E-state index < -0.39 is 29.8 Å². The minimum atomic E-state index is -0.839. The van der Waals surface area contributed by atoms with E-state index in [9.17, 15) is 19.2 Å². The van der Waals surface area contributed by atoms with Gasteiger partial charge in [0.2, 0.25) is 0 Å². The molecule has 25 heavy (non-hydrogen) atoms. The summed E-state index contributed by atoms with van der Waals surface area (Å²) in [5.41, 5.74) is -0.852. The first-order chi connectivity index (χ1) is 11.9. The Morgan fingerprint density at radius 3 is 2.56 bits per heavy atom. The van der Waals surface area contributed by atoms with Crippen molar-refractivity contribution in [2.24, 2.45) is 0 Å². The first kappa shape index (κ1) is 18.7. The zero-order valence-corrected chi connectivity index (χ0v) is 14.4. The smallest absolute Gasteiger partial charge is 0.338 e. The van der Waals surface area contributed by atoms with E-state index >= 15 is 0 Å². The molecule has 2 rings (SSSR count). The molecule has 1 aromatic rings. The lowest BCUT2D eigenvalue weighted by Crippen LogP contribution is -2.51. The third-order valence-corrected chi connectivity index (χ3v) is 4.62. The summed E-state index contributed by atoms with van der Waals surface area (Å²) < 4.78 is 23.4. The van der Waals surface area contributed by atoms with Gasteiger partial charge in [0.25, 0.3) is 5.91 Å². The maximum absolute atomic E-state index is 13.6. The average molecular weight is 348 g/mol. The summed E-state index contributed by atoms with van der Waals surface area (Å²) in [5.74, 6) is -1.93. The lowest BCUT2D eigenvalue weighted by Gasteiger charge is -2.38. The van der Waals surface area contributed by atoms with E-state index in [4.69, 9.17) is 9.47 Å². The van der Waals surface area contributed by atoms with Crippen LogP contribution in [-0.4, -0.2) is 43.1 Å². The van der Waals surface area contributed by atoms with Crippen molar-refractivity contribution in [3.05, 3.63) is 29.6 Å². The Morgan fingerprint density at radius 2 is 2.00 bits per heavy atom. The van der Waals surface area contributed by atoms with Gasteiger partial charge in [-0.3, -0.25) is 4.79 Å². The summed E-state index contributed by atoms with van der Waals surface area (Å²) in [7, 11) is 2.87. The van der Waals surface area contributed by atoms with Crippen molar-refractivity contribution < 1.29 is 23.5 Å². The molecule has 0 N–H and O–H groups in total. The molecule has 1 aromatic carbocycles. The number of likely N-dealkylation sites (N-methyl/N-ethyl adjacent to an activating group) is 1. The topological polar surface area (TPSA) is 79.6 Å². The molecule has 0 unspecified atom stereocenters. The zero-order valence-electron chi connectivity index (χ0n) is 14.4. The van der Waals surface area contributed by atoms with Crippen molar-refractivity contribution in [2.45, 2.75) is 37.6 Å². The number of nitrogens with zero attached hydrogens (tertiary/aromatic N) is 2. The monoisotopic (exact) mass is 348 g/mol. The first-order valence-electron chi connectivity index (χ1n) is 8.12. The molecular formula is C18H21FN2O4. The van der Waals surface area contributed by atoms with Crippen molar-refractivity contribution in [3.8, 4) is 11.8 Å². The largest absolute Gasteiger partial charge is 0.494 e. The number of methoxy groups -OCH3 is 1. The summed E-state index contributed by atoms with van der Waals surface area (Å²) >= 11 is 0. The van der Waals surface area contributed by atoms with Crippen molar-refractivity contribution in [3.63, 3.8) is 0 Å². The lowest BCUT2D eigenvalue weighted by molar-refractivity contribution is -0.138. The third-order valence-electron chi connectivity index (χ3n) is 4.62. The van der Waals surface area contributed by atoms with Gasteiger partial charge in [0.1, 0.15) is 5.54 Å². The number of carbonyl (C=O) groups is 2. The second kappa shape index (κ2) is 7.97. The fourth-order valence-corrected chi connectivity index (χ4v) is 3.00. The summed E-state index contributed by atoms with van der Waals surface area (Å²) in [6.45, 7) is -0.494. The molecule has 0 atom stereocenters. The number of esters is 1. The van der Waals surface area contributed by atoms with Gasteiger partial charge in [0.05, 0.1) is 18.7 Å². The summed E-state index contributed by atoms with van der Waals surface area (Å²) in [6, 6.07) is 5.90. The van der Waals surface area contributed by atoms with Crippen molar-refractivity contribution in [1.82, 2.24) is 4.90 Å². The molecule has 0 aromatic heterocycles. The summed E-state index contributed by atoms with van der Waals surface area (Å²) in [4.78, 5) is 25.7. The van der Waals surface area contributed by atoms with E-state index in [1.807, 2.05) is 0 Å². The molecule has 0 heterocycles. The number of halogens is 1. The quantitative estimate of drug-likeness (QED) is 0.764. The molecule has 1 aliphatic rings. The Morgan fingerprint density at radius 1 is 1.32 bits per heavy atom. The van der Waals surface area contributed by atoms with E-state index in [0.29, 0.717) is 12.8 Å². The van der Waals surface area contributed by atoms with Gasteiger partial charge in [-0.15, -0.1) is 0 Å². The number of nitriles is 1. The maximum Gasteiger partial charge on any atom is 0.338 e. The van der Waals surface area contributed by atoms with Crippen LogP contribution in [-0.2, 0) is 9.53 Å². The number of amides is 1. The minimum Gasteiger partial charge on any atom is -0.494 e. The molecule has 1 fully saturated rings. The molecule has 0 spiro atoms. The highest BCUT2D eigenvalue weighted by Gasteiger charge is 2.39. The van der Waals surface area contributed by atoms with Crippen molar-refractivity contribution >= 4 is 11.9 Å². The Bertz CT molecular complexity index is 693. The first-order valence-corrected chi connectivity index (χ1v) is 8.12. The van der Waals surface area contributed by atoms with Crippen LogP contribution in [0.3, 0.4) is 0 Å². The molecule has 0 bridgehead atoms. The van der Waals surface area contributed by atoms with Crippen LogP contribution in [0.15, 0.2) is 18.2 Å². The molecule has 1 saturated carbocycles. The molecule has 1 aliphatic carbocycles. The Kier molecular flexibility index (Phi) is 5.97. The van der Waals surface area contributed by atoms with Gasteiger partial charge in [-0.05, 0) is 31.0 Å². The standard InChI is InChI=1S/C18H21FN2O4/c1-21(18(12-20)8-4-3-5-9-18)16(22)11-25-17(23)13-6-7-15(24-2)14(19)10-13/h6-7,10H,3-5,8-9,11H2,1-2H3. The van der Waals surface area contributed by atoms with Crippen molar-refractivity contribution in [2.75, 3.05) is 20.8 Å². The average Bonchev–Trinajstić information content (AvgIpc) is 2.65. The fourth-order valence-electron chi connectivity index (χ4n) is 3.00. The van der Waals surface area contributed by atoms with Crippen LogP contribution in [0, 0.1) is 17.1 Å². The van der Waals surface area contributed by atoms with Gasteiger partial charge in [0.15, 0.2) is 18.2 Å². The number of carbonyl (C=O) groups excluding carboxylic acids is 2. The molecule has 7 heteroatoms. The highest BCUT2D eigenvalue weighted by molar-refractivity contribution is 5.91. The lowest BCUT2D eigenvalue weighted by atomic mass is 9.81. The van der Waals surface area contributed by atoms with E-state index in [0.717, 1.165) is 25.3 Å². The second-order valence-electron chi connectivity index (χ2n) is 6.08. The predicted octanol–water partition coefficient (Wildman–Crippen LogP) is 2.68. The van der Waals surface area contributed by atoms with Crippen LogP contribution in [0.5, 0.6) is 5.75 Å². The zero-order chi connectivity index (χ0) is 18.4. The van der Waals surface area contributed by atoms with Gasteiger partial charge in [-0.1, -0.05) is 19.3 Å². The highest BCUT2D eigenvalue weighted by atomic mass is 19.1. The molecular weight excluding hydrogens is 327 g/mol. The molecule has 1 amide bonds.